The number of nitrogens with zero attached hydrogens (tertiary/aromatic N) is 1. The second-order valence-corrected chi connectivity index (χ2v) is 7.26. The molecule has 1 aromatic heterocycles. The van der Waals surface area contributed by atoms with Crippen molar-refractivity contribution in [2.24, 2.45) is 0 Å². The van der Waals surface area contributed by atoms with Crippen molar-refractivity contribution in [3.05, 3.63) is 35.6 Å². The van der Waals surface area contributed by atoms with Gasteiger partial charge in [0.1, 0.15) is 5.58 Å². The van der Waals surface area contributed by atoms with E-state index in [4.69, 9.17) is 13.9 Å². The smallest absolute Gasteiger partial charge is 0.375 e. The van der Waals surface area contributed by atoms with Gasteiger partial charge in [-0.15, -0.1) is 0 Å². The molecule has 1 saturated heterocycles. The van der Waals surface area contributed by atoms with Gasteiger partial charge in [-0.3, -0.25) is 4.79 Å². The molecule has 0 aliphatic carbocycles. The number of amides is 1. The minimum absolute atomic E-state index is 0.0949. The average Bonchev–Trinajstić information content (AvgIpc) is 3.00. The van der Waals surface area contributed by atoms with Crippen molar-refractivity contribution < 1.29 is 23.5 Å². The van der Waals surface area contributed by atoms with Gasteiger partial charge in [-0.2, -0.15) is 0 Å². The molecule has 1 aliphatic rings. The Morgan fingerprint density at radius 2 is 1.89 bits per heavy atom. The lowest BCUT2D eigenvalue weighted by Crippen LogP contribution is -2.51. The maximum atomic E-state index is 12.9. The van der Waals surface area contributed by atoms with Gasteiger partial charge < -0.3 is 18.8 Å². The standard InChI is InChI=1S/C21H27NO5/c1-13-8-7-9-14(2)22(13)20(23)15(3)26-21(24)19-17(12-25-4)16-10-5-6-11-18(16)27-19/h5-6,10-11,13-15H,7-9,12H2,1-4H3/t13-,14-,15-/m1/s1. The molecule has 6 nitrogen and oxygen atoms in total. The van der Waals surface area contributed by atoms with Gasteiger partial charge in [0.2, 0.25) is 5.76 Å². The molecule has 0 unspecified atom stereocenters. The Kier molecular flexibility index (Phi) is 5.85. The highest BCUT2D eigenvalue weighted by Gasteiger charge is 2.34. The summed E-state index contributed by atoms with van der Waals surface area (Å²) in [6.07, 6.45) is 2.18. The van der Waals surface area contributed by atoms with Gasteiger partial charge in [0.05, 0.1) is 6.61 Å². The number of hydrogen-bond acceptors (Lipinski definition) is 5. The van der Waals surface area contributed by atoms with Gasteiger partial charge in [0.25, 0.3) is 5.91 Å². The van der Waals surface area contributed by atoms with Crippen molar-refractivity contribution in [3.8, 4) is 0 Å². The summed E-state index contributed by atoms with van der Waals surface area (Å²) in [7, 11) is 1.56. The molecule has 0 radical (unpaired) electrons. The highest BCUT2D eigenvalue weighted by atomic mass is 16.6. The van der Waals surface area contributed by atoms with E-state index in [0.29, 0.717) is 11.1 Å². The van der Waals surface area contributed by atoms with Crippen LogP contribution in [0.1, 0.15) is 56.2 Å². The number of carbonyl (C=O) groups excluding carboxylic acids is 2. The SMILES string of the molecule is COCc1c(C(=O)O[C@H](C)C(=O)N2[C@H](C)CCC[C@H]2C)oc2ccccc12. The van der Waals surface area contributed by atoms with Crippen LogP contribution in [-0.2, 0) is 20.9 Å². The van der Waals surface area contributed by atoms with Gasteiger partial charge >= 0.3 is 5.97 Å². The first kappa shape index (κ1) is 19.4. The maximum absolute atomic E-state index is 12.9. The zero-order chi connectivity index (χ0) is 19.6. The van der Waals surface area contributed by atoms with Gasteiger partial charge in [-0.05, 0) is 46.1 Å². The molecule has 1 aromatic carbocycles. The zero-order valence-electron chi connectivity index (χ0n) is 16.4. The van der Waals surface area contributed by atoms with E-state index in [1.165, 1.54) is 0 Å². The molecule has 27 heavy (non-hydrogen) atoms. The van der Waals surface area contributed by atoms with E-state index >= 15 is 0 Å². The summed E-state index contributed by atoms with van der Waals surface area (Å²) in [5.41, 5.74) is 1.23. The fourth-order valence-corrected chi connectivity index (χ4v) is 3.88. The molecule has 2 aromatic rings. The fourth-order valence-electron chi connectivity index (χ4n) is 3.88. The monoisotopic (exact) mass is 373 g/mol. The van der Waals surface area contributed by atoms with Crippen molar-refractivity contribution >= 4 is 22.8 Å². The molecular weight excluding hydrogens is 346 g/mol. The number of ether oxygens (including phenoxy) is 2. The normalized spacial score (nSPS) is 21.3. The number of piperidine rings is 1. The molecule has 3 rings (SSSR count). The van der Waals surface area contributed by atoms with Crippen molar-refractivity contribution in [2.75, 3.05) is 7.11 Å². The molecule has 1 fully saturated rings. The number of methoxy groups -OCH3 is 1. The molecule has 1 amide bonds. The molecule has 0 spiro atoms. The van der Waals surface area contributed by atoms with Gasteiger partial charge in [0, 0.05) is 30.1 Å². The predicted molar refractivity (Wildman–Crippen MR) is 101 cm³/mol. The summed E-state index contributed by atoms with van der Waals surface area (Å²) in [6.45, 7) is 5.92. The summed E-state index contributed by atoms with van der Waals surface area (Å²) in [6, 6.07) is 7.67. The van der Waals surface area contributed by atoms with Gasteiger partial charge in [0.15, 0.2) is 6.10 Å². The molecule has 0 N–H and O–H groups in total. The van der Waals surface area contributed by atoms with Crippen molar-refractivity contribution in [3.63, 3.8) is 0 Å². The lowest BCUT2D eigenvalue weighted by atomic mass is 9.97. The Balaban J connectivity index is 1.79. The van der Waals surface area contributed by atoms with E-state index in [1.807, 2.05) is 36.9 Å². The first-order valence-corrected chi connectivity index (χ1v) is 9.46. The molecule has 0 bridgehead atoms. The summed E-state index contributed by atoms with van der Waals surface area (Å²) in [4.78, 5) is 27.4. The second kappa shape index (κ2) is 8.13. The minimum Gasteiger partial charge on any atom is -0.449 e. The molecule has 3 atom stereocenters. The molecule has 146 valence electrons. The topological polar surface area (TPSA) is 69.0 Å². The van der Waals surface area contributed by atoms with Crippen LogP contribution in [0.5, 0.6) is 0 Å². The van der Waals surface area contributed by atoms with Crippen molar-refractivity contribution in [1.29, 1.82) is 0 Å². The van der Waals surface area contributed by atoms with Crippen LogP contribution in [-0.4, -0.2) is 42.1 Å². The number of carbonyl (C=O) groups is 2. The Bertz CT molecular complexity index is 817. The van der Waals surface area contributed by atoms with Crippen LogP contribution in [0.4, 0.5) is 0 Å². The number of benzene rings is 1. The Morgan fingerprint density at radius 1 is 1.22 bits per heavy atom. The van der Waals surface area contributed by atoms with E-state index in [1.54, 1.807) is 20.1 Å². The summed E-state index contributed by atoms with van der Waals surface area (Å²) in [5, 5.41) is 0.809. The number of likely N-dealkylation sites (tertiary alicyclic amines) is 1. The summed E-state index contributed by atoms with van der Waals surface area (Å²) in [5.74, 6) is -0.707. The zero-order valence-corrected chi connectivity index (χ0v) is 16.4. The van der Waals surface area contributed by atoms with E-state index in [-0.39, 0.29) is 30.4 Å². The van der Waals surface area contributed by atoms with Crippen molar-refractivity contribution in [1.82, 2.24) is 4.90 Å². The summed E-state index contributed by atoms with van der Waals surface area (Å²) >= 11 is 0. The van der Waals surface area contributed by atoms with Crippen LogP contribution >= 0.6 is 0 Å². The number of hydrogen-bond donors (Lipinski definition) is 0. The maximum Gasteiger partial charge on any atom is 0.375 e. The molecule has 2 heterocycles. The third-order valence-corrected chi connectivity index (χ3v) is 5.25. The van der Waals surface area contributed by atoms with E-state index in [2.05, 4.69) is 0 Å². The minimum atomic E-state index is -0.871. The fraction of sp³-hybridized carbons (Fsp3) is 0.524. The number of furan rings is 1. The first-order chi connectivity index (χ1) is 12.9. The lowest BCUT2D eigenvalue weighted by molar-refractivity contribution is -0.146. The number of para-hydroxylation sites is 1. The van der Waals surface area contributed by atoms with Crippen LogP contribution in [0, 0.1) is 0 Å². The van der Waals surface area contributed by atoms with Crippen molar-refractivity contribution in [2.45, 2.75) is 64.8 Å². The Labute approximate surface area is 159 Å². The number of esters is 1. The van der Waals surface area contributed by atoms with Crippen LogP contribution in [0.3, 0.4) is 0 Å². The number of rotatable bonds is 5. The first-order valence-electron chi connectivity index (χ1n) is 9.46. The Hall–Kier alpha value is -2.34. The quantitative estimate of drug-likeness (QED) is 0.743. The van der Waals surface area contributed by atoms with Crippen LogP contribution in [0.15, 0.2) is 28.7 Å². The second-order valence-electron chi connectivity index (χ2n) is 7.26. The van der Waals surface area contributed by atoms with Gasteiger partial charge in [-0.1, -0.05) is 18.2 Å². The third kappa shape index (κ3) is 3.86. The van der Waals surface area contributed by atoms with E-state index < -0.39 is 12.1 Å². The average molecular weight is 373 g/mol. The lowest BCUT2D eigenvalue weighted by Gasteiger charge is -2.40. The highest BCUT2D eigenvalue weighted by molar-refractivity contribution is 5.97. The van der Waals surface area contributed by atoms with Gasteiger partial charge in [-0.25, -0.2) is 4.79 Å². The van der Waals surface area contributed by atoms with E-state index in [0.717, 1.165) is 24.6 Å². The molecule has 6 heteroatoms. The third-order valence-electron chi connectivity index (χ3n) is 5.25. The largest absolute Gasteiger partial charge is 0.449 e. The van der Waals surface area contributed by atoms with Crippen LogP contribution in [0.2, 0.25) is 0 Å². The van der Waals surface area contributed by atoms with Crippen LogP contribution < -0.4 is 0 Å². The predicted octanol–water partition coefficient (Wildman–Crippen LogP) is 3.91. The number of fused-ring (bicyclic) bond motifs is 1. The summed E-state index contributed by atoms with van der Waals surface area (Å²) < 4.78 is 16.4. The Morgan fingerprint density at radius 3 is 2.56 bits per heavy atom. The molecule has 1 aliphatic heterocycles. The van der Waals surface area contributed by atoms with E-state index in [9.17, 15) is 9.59 Å². The molecule has 0 saturated carbocycles. The molecular formula is C21H27NO5. The highest BCUT2D eigenvalue weighted by Crippen LogP contribution is 2.28. The van der Waals surface area contributed by atoms with Crippen LogP contribution in [0.25, 0.3) is 11.0 Å².